The number of furan rings is 4. The fourth-order valence-electron chi connectivity index (χ4n) is 20.2. The molecule has 16 aromatic carbocycles. The molecular formula is C126H124B4Cl2N2O12. The minimum atomic E-state index is -2.41. The van der Waals surface area contributed by atoms with Crippen LogP contribution in [0.5, 0.6) is 0 Å². The fraction of sp³-hybridized carbons (Fsp3) is 0.286. The number of nitrogens with zero attached hydrogens (tertiary/aromatic N) is 2. The van der Waals surface area contributed by atoms with Gasteiger partial charge in [0.1, 0.15) is 44.2 Å². The molecule has 0 amide bonds. The summed E-state index contributed by atoms with van der Waals surface area (Å²) in [4.78, 5) is 8.45. The van der Waals surface area contributed by atoms with Gasteiger partial charge in [-0.3, -0.25) is 4.98 Å². The summed E-state index contributed by atoms with van der Waals surface area (Å²) in [5.74, 6) is 0. The van der Waals surface area contributed by atoms with Crippen molar-refractivity contribution in [3.63, 3.8) is 0 Å². The zero-order chi connectivity index (χ0) is 109. The van der Waals surface area contributed by atoms with Gasteiger partial charge in [-0.1, -0.05) is 295 Å². The minimum Gasteiger partial charge on any atom is -0.456 e. The van der Waals surface area contributed by atoms with E-state index in [1.54, 1.807) is 27.0 Å². The minimum absolute atomic E-state index is 0.0787. The lowest BCUT2D eigenvalue weighted by Gasteiger charge is -2.32. The van der Waals surface area contributed by atoms with Gasteiger partial charge < -0.3 is 54.9 Å². The van der Waals surface area contributed by atoms with Gasteiger partial charge in [-0.25, -0.2) is 4.98 Å². The molecular weight excluding hydrogens is 1850 g/mol. The SMILES string of the molecule is CC1(C)OB(B2OC(C)(C)C(C)(C)O2)OC1(C)C.CC1(C)OB(c2cccc3c2oc2ccc4ccc5ccccc5c4c23)OC1(C)C.CC1(C)OB(c2cccc3c2oc2ccc4ccc5ccccc5c4c23)OC1(C)C.Clc1cccc2c1oc1ccc3ccc4ccccc4c3c12.[2H]C([2H])([2H])c1cnc(Cl)cc1C([2H])([2H])C(C)(C)C.[2H]C([2H])(c1cc(-c2cccc3c2oc2ccc4ccc5ccccc5c4c23)ncc1C)C(C)(C)C. The molecule has 0 radical (unpaired) electrons. The average Bonchev–Trinajstić information content (AvgIpc) is 1.60. The van der Waals surface area contributed by atoms with Crippen molar-refractivity contribution >= 4 is 236 Å². The number of halogens is 2. The Balaban J connectivity index is 0.000000109. The summed E-state index contributed by atoms with van der Waals surface area (Å²) in [6.07, 6.45) is -0.415. The zero-order valence-corrected chi connectivity index (χ0v) is 88.6. The Labute approximate surface area is 874 Å². The van der Waals surface area contributed by atoms with E-state index < -0.39 is 81.1 Å². The summed E-state index contributed by atoms with van der Waals surface area (Å²) >= 11 is 12.1. The molecule has 0 saturated carbocycles. The van der Waals surface area contributed by atoms with Crippen molar-refractivity contribution in [2.75, 3.05) is 0 Å². The van der Waals surface area contributed by atoms with Crippen LogP contribution in [0.2, 0.25) is 10.2 Å². The topological polar surface area (TPSA) is 152 Å². The predicted molar refractivity (Wildman–Crippen MR) is 612 cm³/mol. The Bertz CT molecular complexity index is 8980. The van der Waals surface area contributed by atoms with Crippen LogP contribution in [0.15, 0.2) is 309 Å². The maximum absolute atomic E-state index is 8.85. The molecule has 4 fully saturated rings. The van der Waals surface area contributed by atoms with E-state index in [9.17, 15) is 0 Å². The number of hydrogen-bond donors (Lipinski definition) is 0. The first-order valence-electron chi connectivity index (χ1n) is 53.7. The highest BCUT2D eigenvalue weighted by Gasteiger charge is 2.64. The number of para-hydroxylation sites is 4. The van der Waals surface area contributed by atoms with Gasteiger partial charge in [0.05, 0.1) is 55.5 Å². The average molecular weight is 1980 g/mol. The number of pyridine rings is 2. The highest BCUT2D eigenvalue weighted by Crippen LogP contribution is 2.50. The van der Waals surface area contributed by atoms with Crippen molar-refractivity contribution in [2.45, 2.75) is 224 Å². The van der Waals surface area contributed by atoms with E-state index in [4.69, 9.17) is 92.7 Å². The molecule has 10 heterocycles. The van der Waals surface area contributed by atoms with Crippen molar-refractivity contribution in [3.8, 4) is 11.3 Å². The van der Waals surface area contributed by atoms with Gasteiger partial charge in [0.2, 0.25) is 0 Å². The van der Waals surface area contributed by atoms with Crippen LogP contribution in [0.3, 0.4) is 0 Å². The van der Waals surface area contributed by atoms with Gasteiger partial charge in [-0.2, -0.15) is 0 Å². The quantitative estimate of drug-likeness (QED) is 0.0881. The number of fused-ring (bicyclic) bond motifs is 28. The third kappa shape index (κ3) is 18.2. The Morgan fingerprint density at radius 2 is 0.568 bits per heavy atom. The zero-order valence-electron chi connectivity index (χ0n) is 94.1. The smallest absolute Gasteiger partial charge is 0.456 e. The van der Waals surface area contributed by atoms with E-state index in [1.807, 2.05) is 138 Å². The van der Waals surface area contributed by atoms with Crippen LogP contribution in [0.4, 0.5) is 0 Å². The normalized spacial score (nSPS) is 18.0. The second kappa shape index (κ2) is 36.9. The first-order valence-corrected chi connectivity index (χ1v) is 51.0. The molecule has 4 aliphatic heterocycles. The molecule has 0 bridgehead atoms. The molecule has 0 unspecified atom stereocenters. The van der Waals surface area contributed by atoms with Gasteiger partial charge in [0.25, 0.3) is 0 Å². The van der Waals surface area contributed by atoms with Crippen molar-refractivity contribution in [2.24, 2.45) is 10.8 Å². The summed E-state index contributed by atoms with van der Waals surface area (Å²) in [5, 5.41) is 29.1. The van der Waals surface area contributed by atoms with E-state index in [0.29, 0.717) is 10.6 Å². The van der Waals surface area contributed by atoms with Crippen LogP contribution in [0.25, 0.3) is 185 Å². The lowest BCUT2D eigenvalue weighted by atomic mass is 9.49. The maximum Gasteiger partial charge on any atom is 0.498 e. The first kappa shape index (κ1) is 91.1. The van der Waals surface area contributed by atoms with Crippen LogP contribution < -0.4 is 10.9 Å². The van der Waals surface area contributed by atoms with Crippen LogP contribution in [0, 0.1) is 24.6 Å². The third-order valence-corrected chi connectivity index (χ3v) is 31.0. The number of aryl methyl sites for hydroxylation is 2. The Morgan fingerprint density at radius 1 is 0.288 bits per heavy atom. The van der Waals surface area contributed by atoms with Crippen LogP contribution in [-0.2, 0) is 50.0 Å². The number of rotatable bonds is 6. The predicted octanol–water partition coefficient (Wildman–Crippen LogP) is 33.7. The Hall–Kier alpha value is -12.4. The van der Waals surface area contributed by atoms with E-state index in [-0.39, 0.29) is 38.7 Å². The molecule has 20 heteroatoms. The van der Waals surface area contributed by atoms with E-state index in [0.717, 1.165) is 122 Å². The standard InChI is InChI=1S/C31H27NO.2C26H23BO3.C20H11ClO.C12H24B2O4.C11H16ClN/c1-19-18-32-26(16-22(19)17-31(2,3)4)24-10-7-11-25-29-27(33-30(24)25)15-14-21-13-12-20-8-5-6-9-23(20)28(21)29;2*1-25(2)26(3,4)30-27(29-25)20-11-7-10-19-23-21(28-24(19)20)15-14-17-13-12-16-8-5-6-9-18(16)22(17)23;21-16-7-3-6-15-19-17(22-20(15)16)11-10-13-9-8-12-4-1-2-5-14(12)18(13)19;1-9(2)10(3,4)16-13(15-9)14-17-11(5,6)12(7,8)18-14;1-8-7-13-10(12)5-9(8)6-11(2,3)4/h5-16,18H,17H2,1-4H3;2*5-15H,1-4H3;1-11H;1-8H3;5,7H,6H2,1-4H3/i17D2;;;;;1D3,6D2. The van der Waals surface area contributed by atoms with Gasteiger partial charge in [0.15, 0.2) is 5.58 Å². The third-order valence-electron chi connectivity index (χ3n) is 30.5. The Morgan fingerprint density at radius 3 is 0.925 bits per heavy atom. The molecule has 0 spiro atoms. The molecule has 4 aliphatic rings. The molecule has 736 valence electrons. The van der Waals surface area contributed by atoms with Gasteiger partial charge >= 0.3 is 28.3 Å². The second-order valence-corrected chi connectivity index (χ2v) is 45.9. The van der Waals surface area contributed by atoms with Crippen molar-refractivity contribution in [1.29, 1.82) is 0 Å². The van der Waals surface area contributed by atoms with Crippen molar-refractivity contribution < 1.29 is 64.5 Å². The first-order chi connectivity index (χ1) is 72.0. The fourth-order valence-corrected chi connectivity index (χ4v) is 20.6. The molecule has 0 N–H and O–H groups in total. The van der Waals surface area contributed by atoms with E-state index in [1.165, 1.54) is 92.2 Å². The lowest BCUT2D eigenvalue weighted by Crippen LogP contribution is -2.41. The second-order valence-electron chi connectivity index (χ2n) is 45.1. The van der Waals surface area contributed by atoms with Crippen LogP contribution in [-0.4, -0.2) is 83.0 Å². The summed E-state index contributed by atoms with van der Waals surface area (Å²) < 4.78 is 131. The molecule has 6 aromatic heterocycles. The number of aromatic nitrogens is 2. The monoisotopic (exact) mass is 1980 g/mol. The molecule has 22 aromatic rings. The lowest BCUT2D eigenvalue weighted by molar-refractivity contribution is 0.00578. The summed E-state index contributed by atoms with van der Waals surface area (Å²) in [6.45, 7) is 43.3. The van der Waals surface area contributed by atoms with Crippen molar-refractivity contribution in [1.82, 2.24) is 9.97 Å². The highest BCUT2D eigenvalue weighted by atomic mass is 35.5. The maximum atomic E-state index is 8.85. The molecule has 146 heavy (non-hydrogen) atoms. The highest BCUT2D eigenvalue weighted by molar-refractivity contribution is 7.11. The largest absolute Gasteiger partial charge is 0.498 e. The number of hydrogen-bond acceptors (Lipinski definition) is 14. The summed E-state index contributed by atoms with van der Waals surface area (Å²) in [6, 6.07) is 95.9. The van der Waals surface area contributed by atoms with E-state index >= 15 is 0 Å². The van der Waals surface area contributed by atoms with Crippen molar-refractivity contribution in [3.05, 3.63) is 324 Å². The molecule has 4 saturated heterocycles. The van der Waals surface area contributed by atoms with Crippen LogP contribution in [0.1, 0.15) is 184 Å². The van der Waals surface area contributed by atoms with Gasteiger partial charge in [0, 0.05) is 103 Å². The molecule has 26 rings (SSSR count). The van der Waals surface area contributed by atoms with Gasteiger partial charge in [-0.15, -0.1) is 0 Å². The van der Waals surface area contributed by atoms with Crippen LogP contribution >= 0.6 is 23.2 Å². The molecule has 14 nitrogen and oxygen atoms in total. The summed E-state index contributed by atoms with van der Waals surface area (Å²) in [7, 11) is -1.86. The number of benzene rings is 16. The summed E-state index contributed by atoms with van der Waals surface area (Å²) in [5.41, 5.74) is 7.37. The molecule has 0 atom stereocenters. The molecule has 0 aliphatic carbocycles. The van der Waals surface area contributed by atoms with E-state index in [2.05, 4.69) is 279 Å². The van der Waals surface area contributed by atoms with Gasteiger partial charge in [-0.05, 0) is 284 Å². The Kier molecular flexibility index (Phi) is 23.0.